The molecule has 0 aromatic carbocycles. The smallest absolute Gasteiger partial charge is 0.115 e. The minimum Gasteiger partial charge on any atom is -0.264 e. The third kappa shape index (κ3) is 40.1. The van der Waals surface area contributed by atoms with Crippen LogP contribution >= 0.6 is 0 Å². The second-order valence-corrected chi connectivity index (χ2v) is 22.2. The average Bonchev–Trinajstić information content (AvgIpc) is 3.66. The molecule has 0 saturated carbocycles. The zero-order valence-electron chi connectivity index (χ0n) is 58.6. The maximum Gasteiger partial charge on any atom is 0.115 e. The predicted molar refractivity (Wildman–Crippen MR) is 376 cm³/mol. The Balaban J connectivity index is 0.000000495. The molecule has 90 heavy (non-hydrogen) atoms. The molecular weight excluding hydrogens is 1110 g/mol. The quantitative estimate of drug-likeness (QED) is 0.141. The van der Waals surface area contributed by atoms with Crippen LogP contribution < -0.4 is 0 Å². The van der Waals surface area contributed by atoms with E-state index in [0.717, 1.165) is 73.9 Å². The van der Waals surface area contributed by atoms with Crippen molar-refractivity contribution in [2.75, 3.05) is 0 Å². The van der Waals surface area contributed by atoms with Crippen molar-refractivity contribution in [3.63, 3.8) is 0 Å². The van der Waals surface area contributed by atoms with Crippen molar-refractivity contribution in [2.45, 2.75) is 166 Å². The number of nitrogens with zero attached hydrogens (tertiary/aromatic N) is 13. The van der Waals surface area contributed by atoms with Crippen molar-refractivity contribution in [1.29, 1.82) is 0 Å². The molecule has 11 aromatic rings. The van der Waals surface area contributed by atoms with E-state index in [1.165, 1.54) is 61.2 Å². The van der Waals surface area contributed by atoms with E-state index in [1.54, 1.807) is 12.7 Å². The van der Waals surface area contributed by atoms with Crippen molar-refractivity contribution >= 4 is 0 Å². The molecule has 0 N–H and O–H groups in total. The lowest BCUT2D eigenvalue weighted by atomic mass is 10.2. The molecule has 0 spiro atoms. The monoisotopic (exact) mass is 1210 g/mol. The second-order valence-electron chi connectivity index (χ2n) is 22.2. The lowest BCUT2D eigenvalue weighted by Gasteiger charge is -1.97. The summed E-state index contributed by atoms with van der Waals surface area (Å²) in [5.41, 5.74) is 27.8. The molecule has 13 heteroatoms. The minimum absolute atomic E-state index is 1.03. The van der Waals surface area contributed by atoms with Crippen LogP contribution in [0.5, 0.6) is 0 Å². The van der Waals surface area contributed by atoms with Crippen molar-refractivity contribution < 1.29 is 0 Å². The molecule has 0 saturated heterocycles. The standard InChI is InChI=1S/2C8H11N.7C7H9N.2C6H8N2/c2*1-6-4-7(2)8(3)9-5-6;1-6-3-7(2)5-8-4-6;2*1-6-3-4-8-7(2)5-6;2*1-6-3-4-7(2)8-5-6;1-6-4-3-5-8-7(6)2;1-6-4-3-5-7(2)8-6;1-5-3-7-4-8-6(5)2;1-5-3-6(2)8-4-7-5/h2*4-5H,1-3H3;7*3-5H,1-2H3;2*3-4H,1-2H3. The molecular formula is C77H101N13. The first kappa shape index (κ1) is 78.5. The van der Waals surface area contributed by atoms with Crippen LogP contribution in [-0.4, -0.2) is 64.8 Å². The molecule has 11 aromatic heterocycles. The number of hydrogen-bond acceptors (Lipinski definition) is 13. The molecule has 11 rings (SSSR count). The first-order valence-corrected chi connectivity index (χ1v) is 30.0. The molecule has 0 aliphatic heterocycles. The zero-order valence-corrected chi connectivity index (χ0v) is 58.6. The normalized spacial score (nSPS) is 9.33. The van der Waals surface area contributed by atoms with Crippen LogP contribution in [0.3, 0.4) is 0 Å². The van der Waals surface area contributed by atoms with Crippen LogP contribution in [0.15, 0.2) is 178 Å². The van der Waals surface area contributed by atoms with E-state index >= 15 is 0 Å². The van der Waals surface area contributed by atoms with Gasteiger partial charge in [-0.1, -0.05) is 42.5 Å². The van der Waals surface area contributed by atoms with Crippen molar-refractivity contribution in [3.05, 3.63) is 313 Å². The van der Waals surface area contributed by atoms with E-state index in [9.17, 15) is 0 Å². The summed E-state index contributed by atoms with van der Waals surface area (Å²) in [4.78, 5) is 52.5. The van der Waals surface area contributed by atoms with E-state index in [0.29, 0.717) is 0 Å². The van der Waals surface area contributed by atoms with Gasteiger partial charge in [-0.05, 0) is 294 Å². The topological polar surface area (TPSA) is 168 Å². The van der Waals surface area contributed by atoms with Crippen molar-refractivity contribution in [3.8, 4) is 0 Å². The van der Waals surface area contributed by atoms with E-state index in [1.807, 2.05) is 234 Å². The maximum atomic E-state index is 4.18. The minimum atomic E-state index is 1.03. The molecule has 0 atom stereocenters. The van der Waals surface area contributed by atoms with Crippen LogP contribution in [0.4, 0.5) is 0 Å². The summed E-state index contributed by atoms with van der Waals surface area (Å²) >= 11 is 0. The van der Waals surface area contributed by atoms with E-state index in [2.05, 4.69) is 162 Å². The number of aryl methyl sites for hydroxylation is 24. The summed E-state index contributed by atoms with van der Waals surface area (Å²) < 4.78 is 0. The van der Waals surface area contributed by atoms with Gasteiger partial charge < -0.3 is 0 Å². The van der Waals surface area contributed by atoms with Gasteiger partial charge in [-0.15, -0.1) is 0 Å². The third-order valence-corrected chi connectivity index (χ3v) is 12.6. The Morgan fingerprint density at radius 3 is 0.856 bits per heavy atom. The van der Waals surface area contributed by atoms with Gasteiger partial charge in [-0.2, -0.15) is 0 Å². The molecule has 0 bridgehead atoms. The van der Waals surface area contributed by atoms with Crippen LogP contribution in [0.1, 0.15) is 135 Å². The van der Waals surface area contributed by atoms with Gasteiger partial charge in [0.2, 0.25) is 0 Å². The Morgan fingerprint density at radius 1 is 0.200 bits per heavy atom. The Morgan fingerprint density at radius 2 is 0.611 bits per heavy atom. The zero-order chi connectivity index (χ0) is 67.6. The lowest BCUT2D eigenvalue weighted by Crippen LogP contribution is -1.85. The van der Waals surface area contributed by atoms with Gasteiger partial charge in [0.05, 0.1) is 0 Å². The summed E-state index contributed by atoms with van der Waals surface area (Å²) in [5, 5.41) is 0. The second kappa shape index (κ2) is 44.9. The predicted octanol–water partition coefficient (Wildman–Crippen LogP) is 18.1. The number of hydrogen-bond donors (Lipinski definition) is 0. The highest BCUT2D eigenvalue weighted by atomic mass is 14.8. The molecule has 0 radical (unpaired) electrons. The molecule has 0 aliphatic carbocycles. The molecule has 0 unspecified atom stereocenters. The van der Waals surface area contributed by atoms with E-state index in [4.69, 9.17) is 0 Å². The fraction of sp³-hybridized carbons (Fsp3) is 0.312. The number of aromatic nitrogens is 13. The molecule has 11 heterocycles. The van der Waals surface area contributed by atoms with Crippen LogP contribution in [0.2, 0.25) is 0 Å². The Labute approximate surface area is 541 Å². The highest BCUT2D eigenvalue weighted by Gasteiger charge is 1.93. The Bertz CT molecular complexity index is 3170. The third-order valence-electron chi connectivity index (χ3n) is 12.6. The fourth-order valence-electron chi connectivity index (χ4n) is 7.02. The SMILES string of the molecule is Cc1cc(C)ncn1.Cc1ccc(C)nc1.Cc1ccc(C)nc1.Cc1cccc(C)n1.Cc1cccnc1C.Cc1ccnc(C)c1.Cc1ccnc(C)c1.Cc1cnc(C)c(C)c1.Cc1cnc(C)c(C)c1.Cc1cncc(C)c1.Cc1cncnc1C. The summed E-state index contributed by atoms with van der Waals surface area (Å²) in [7, 11) is 0. The van der Waals surface area contributed by atoms with Gasteiger partial charge in [0.25, 0.3) is 0 Å². The molecule has 0 amide bonds. The van der Waals surface area contributed by atoms with Gasteiger partial charge in [0.15, 0.2) is 0 Å². The first-order valence-electron chi connectivity index (χ1n) is 30.0. The van der Waals surface area contributed by atoms with Gasteiger partial charge in [-0.3, -0.25) is 44.9 Å². The van der Waals surface area contributed by atoms with Crippen LogP contribution in [0, 0.1) is 166 Å². The van der Waals surface area contributed by atoms with Gasteiger partial charge in [0.1, 0.15) is 12.7 Å². The lowest BCUT2D eigenvalue weighted by molar-refractivity contribution is 1.05. The maximum absolute atomic E-state index is 4.18. The summed E-state index contributed by atoms with van der Waals surface area (Å²) in [6.45, 7) is 48.5. The van der Waals surface area contributed by atoms with Gasteiger partial charge in [0, 0.05) is 130 Å². The molecule has 13 nitrogen and oxygen atoms in total. The van der Waals surface area contributed by atoms with E-state index < -0.39 is 0 Å². The largest absolute Gasteiger partial charge is 0.264 e. The average molecular weight is 1210 g/mol. The van der Waals surface area contributed by atoms with Gasteiger partial charge >= 0.3 is 0 Å². The summed E-state index contributed by atoms with van der Waals surface area (Å²) in [5.74, 6) is 0. The highest BCUT2D eigenvalue weighted by Crippen LogP contribution is 2.06. The Kier molecular flexibility index (Phi) is 39.1. The van der Waals surface area contributed by atoms with Crippen LogP contribution in [-0.2, 0) is 0 Å². The first-order chi connectivity index (χ1) is 42.5. The number of rotatable bonds is 0. The van der Waals surface area contributed by atoms with Crippen molar-refractivity contribution in [2.24, 2.45) is 0 Å². The highest BCUT2D eigenvalue weighted by molar-refractivity contribution is 5.23. The van der Waals surface area contributed by atoms with Crippen molar-refractivity contribution in [1.82, 2.24) is 64.8 Å². The van der Waals surface area contributed by atoms with Crippen LogP contribution in [0.25, 0.3) is 0 Å². The van der Waals surface area contributed by atoms with Gasteiger partial charge in [-0.25, -0.2) is 19.9 Å². The molecule has 0 fully saturated rings. The molecule has 0 aliphatic rings. The summed E-state index contributed by atoms with van der Waals surface area (Å²) in [6, 6.07) is 34.6. The van der Waals surface area contributed by atoms with E-state index in [-0.39, 0.29) is 0 Å². The Hall–Kier alpha value is -9.49. The number of pyridine rings is 9. The molecule has 474 valence electrons. The fourth-order valence-corrected chi connectivity index (χ4v) is 7.02. The summed E-state index contributed by atoms with van der Waals surface area (Å²) in [6.07, 6.45) is 21.6.